The summed E-state index contributed by atoms with van der Waals surface area (Å²) in [5, 5.41) is 16.6. The largest absolute Gasteiger partial charge is 0.476 e. The van der Waals surface area contributed by atoms with E-state index in [4.69, 9.17) is 10.2 Å². The predicted molar refractivity (Wildman–Crippen MR) is 58.0 cm³/mol. The molecule has 0 unspecified atom stereocenters. The molecule has 0 atom stereocenters. The molecule has 2 rings (SSSR count). The van der Waals surface area contributed by atoms with Crippen LogP contribution in [0.1, 0.15) is 21.0 Å². The third-order valence-corrected chi connectivity index (χ3v) is 1.56. The van der Waals surface area contributed by atoms with Crippen molar-refractivity contribution in [1.82, 2.24) is 19.9 Å². The third-order valence-electron chi connectivity index (χ3n) is 1.56. The van der Waals surface area contributed by atoms with Crippen molar-refractivity contribution in [2.75, 3.05) is 0 Å². The Kier molecular flexibility index (Phi) is 7.59. The Morgan fingerprint density at radius 2 is 1.16 bits per heavy atom. The first-order chi connectivity index (χ1) is 8.61. The molecule has 0 bridgehead atoms. The topological polar surface area (TPSA) is 126 Å². The number of hydrogen-bond acceptors (Lipinski definition) is 6. The first kappa shape index (κ1) is 16.6. The van der Waals surface area contributed by atoms with E-state index in [1.165, 1.54) is 37.2 Å². The molecule has 0 fully saturated rings. The van der Waals surface area contributed by atoms with Gasteiger partial charge in [0.2, 0.25) is 0 Å². The summed E-state index contributed by atoms with van der Waals surface area (Å²) in [7, 11) is 0. The molecule has 0 aliphatic heterocycles. The Balaban J connectivity index is 0.000000324. The van der Waals surface area contributed by atoms with Crippen LogP contribution in [-0.4, -0.2) is 42.1 Å². The maximum Gasteiger partial charge on any atom is 0.356 e. The minimum absolute atomic E-state index is 0. The van der Waals surface area contributed by atoms with Gasteiger partial charge in [-0.1, -0.05) is 0 Å². The standard InChI is InChI=1S/2C5H4N2O2.Cu/c2*8-5(9)4-3-6-1-2-7-4;/h2*1-3H,(H,8,9);. The van der Waals surface area contributed by atoms with Gasteiger partial charge >= 0.3 is 11.9 Å². The SMILES string of the molecule is O=C(O)c1cnccn1.O=C(O)c1cnccn1.[Cu]. The maximum atomic E-state index is 10.1. The Morgan fingerprint density at radius 1 is 0.789 bits per heavy atom. The smallest absolute Gasteiger partial charge is 0.356 e. The fraction of sp³-hybridized carbons (Fsp3) is 0. The van der Waals surface area contributed by atoms with Gasteiger partial charge in [-0.05, 0) is 0 Å². The van der Waals surface area contributed by atoms with E-state index < -0.39 is 11.9 Å². The number of nitrogens with zero attached hydrogens (tertiary/aromatic N) is 4. The van der Waals surface area contributed by atoms with Gasteiger partial charge in [0.25, 0.3) is 0 Å². The van der Waals surface area contributed by atoms with Crippen LogP contribution < -0.4 is 0 Å². The molecule has 2 aromatic rings. The van der Waals surface area contributed by atoms with E-state index in [2.05, 4.69) is 19.9 Å². The Bertz CT molecular complexity index is 474. The first-order valence-electron chi connectivity index (χ1n) is 4.60. The second-order valence-electron chi connectivity index (χ2n) is 2.79. The van der Waals surface area contributed by atoms with Gasteiger partial charge in [-0.2, -0.15) is 0 Å². The molecule has 2 heterocycles. The summed E-state index contributed by atoms with van der Waals surface area (Å²) >= 11 is 0. The number of rotatable bonds is 2. The normalized spacial score (nSPS) is 8.42. The zero-order chi connectivity index (χ0) is 13.4. The molecule has 1 radical (unpaired) electrons. The van der Waals surface area contributed by atoms with Crippen molar-refractivity contribution < 1.29 is 36.9 Å². The maximum absolute atomic E-state index is 10.1. The van der Waals surface area contributed by atoms with Crippen LogP contribution in [0.2, 0.25) is 0 Å². The molecule has 0 amide bonds. The van der Waals surface area contributed by atoms with Crippen LogP contribution in [0.3, 0.4) is 0 Å². The van der Waals surface area contributed by atoms with Gasteiger partial charge < -0.3 is 10.2 Å². The number of carboxylic acids is 2. The molecule has 0 saturated carbocycles. The second-order valence-corrected chi connectivity index (χ2v) is 2.79. The van der Waals surface area contributed by atoms with Gasteiger partial charge in [0.15, 0.2) is 11.4 Å². The van der Waals surface area contributed by atoms with Crippen molar-refractivity contribution in [1.29, 1.82) is 0 Å². The molecule has 0 spiro atoms. The fourth-order valence-corrected chi connectivity index (χ4v) is 0.819. The van der Waals surface area contributed by atoms with Crippen LogP contribution in [0.5, 0.6) is 0 Å². The summed E-state index contributed by atoms with van der Waals surface area (Å²) < 4.78 is 0. The Hall–Kier alpha value is -2.38. The van der Waals surface area contributed by atoms with E-state index in [1.807, 2.05) is 0 Å². The summed E-state index contributed by atoms with van der Waals surface area (Å²) in [6.07, 6.45) is 7.91. The van der Waals surface area contributed by atoms with Gasteiger partial charge in [0.05, 0.1) is 12.4 Å². The van der Waals surface area contributed by atoms with Crippen LogP contribution in [-0.2, 0) is 17.1 Å². The van der Waals surface area contributed by atoms with Crippen LogP contribution in [0.15, 0.2) is 37.2 Å². The van der Waals surface area contributed by atoms with Crippen molar-refractivity contribution in [2.24, 2.45) is 0 Å². The van der Waals surface area contributed by atoms with Crippen molar-refractivity contribution in [3.8, 4) is 0 Å². The van der Waals surface area contributed by atoms with E-state index >= 15 is 0 Å². The predicted octanol–water partition coefficient (Wildman–Crippen LogP) is 0.347. The molecule has 9 heteroatoms. The monoisotopic (exact) mass is 311 g/mol. The van der Waals surface area contributed by atoms with Crippen molar-refractivity contribution >= 4 is 11.9 Å². The second kappa shape index (κ2) is 8.67. The zero-order valence-electron chi connectivity index (χ0n) is 9.27. The average molecular weight is 312 g/mol. The number of carbonyl (C=O) groups is 2. The van der Waals surface area contributed by atoms with Gasteiger partial charge in [-0.15, -0.1) is 0 Å². The molecule has 0 aliphatic carbocycles. The van der Waals surface area contributed by atoms with Crippen LogP contribution >= 0.6 is 0 Å². The number of aromatic nitrogens is 4. The number of hydrogen-bond donors (Lipinski definition) is 2. The molecule has 0 aliphatic rings. The average Bonchev–Trinajstić information content (AvgIpc) is 2.41. The summed E-state index contributed by atoms with van der Waals surface area (Å²) in [4.78, 5) is 34.4. The van der Waals surface area contributed by atoms with Gasteiger partial charge in [0.1, 0.15) is 0 Å². The number of carboxylic acid groups (broad SMARTS) is 2. The van der Waals surface area contributed by atoms with E-state index in [1.54, 1.807) is 0 Å². The van der Waals surface area contributed by atoms with E-state index in [9.17, 15) is 9.59 Å². The Morgan fingerprint density at radius 3 is 1.32 bits per heavy atom. The third kappa shape index (κ3) is 6.20. The minimum Gasteiger partial charge on any atom is -0.476 e. The molecular formula is C10H8CuN4O4. The first-order valence-corrected chi connectivity index (χ1v) is 4.60. The fourth-order valence-electron chi connectivity index (χ4n) is 0.819. The van der Waals surface area contributed by atoms with Crippen molar-refractivity contribution in [2.45, 2.75) is 0 Å². The van der Waals surface area contributed by atoms with E-state index in [0.717, 1.165) is 0 Å². The molecule has 8 nitrogen and oxygen atoms in total. The molecule has 103 valence electrons. The molecule has 0 saturated heterocycles. The van der Waals surface area contributed by atoms with Gasteiger partial charge in [-0.3, -0.25) is 9.97 Å². The minimum atomic E-state index is -1.05. The van der Waals surface area contributed by atoms with Gasteiger partial charge in [0, 0.05) is 41.9 Å². The molecule has 0 aromatic carbocycles. The van der Waals surface area contributed by atoms with Crippen molar-refractivity contribution in [3.63, 3.8) is 0 Å². The summed E-state index contributed by atoms with van der Waals surface area (Å²) in [6.45, 7) is 0. The molecule has 2 aromatic heterocycles. The van der Waals surface area contributed by atoms with Gasteiger partial charge in [-0.25, -0.2) is 19.6 Å². The quantitative estimate of drug-likeness (QED) is 0.761. The summed E-state index contributed by atoms with van der Waals surface area (Å²) in [5.41, 5.74) is -0.0602. The van der Waals surface area contributed by atoms with Crippen LogP contribution in [0.4, 0.5) is 0 Å². The van der Waals surface area contributed by atoms with Crippen molar-refractivity contribution in [3.05, 3.63) is 48.6 Å². The molecule has 2 N–H and O–H groups in total. The summed E-state index contributed by atoms with van der Waals surface area (Å²) in [6, 6.07) is 0. The van der Waals surface area contributed by atoms with E-state index in [-0.39, 0.29) is 28.5 Å². The van der Waals surface area contributed by atoms with Crippen LogP contribution in [0, 0.1) is 0 Å². The Labute approximate surface area is 118 Å². The van der Waals surface area contributed by atoms with E-state index in [0.29, 0.717) is 0 Å². The number of aromatic carboxylic acids is 2. The molecular weight excluding hydrogens is 304 g/mol. The summed E-state index contributed by atoms with van der Waals surface area (Å²) in [5.74, 6) is -2.11. The molecule has 19 heavy (non-hydrogen) atoms. The zero-order valence-corrected chi connectivity index (χ0v) is 10.2. The van der Waals surface area contributed by atoms with Crippen LogP contribution in [0.25, 0.3) is 0 Å².